The minimum absolute atomic E-state index is 0.0981. The Morgan fingerprint density at radius 1 is 0.742 bits per heavy atom. The standard InChI is InChI=1S/C22H33ClO8/c1-28-20(25)15-7-9-18(10-8-15)31-22(27)17-5-3-16(4-6-17)21(26)30-14-2-13-29-19(24)11-12-23/h15-18H,2-14H2,1H3. The van der Waals surface area contributed by atoms with Gasteiger partial charge in [-0.15, -0.1) is 11.6 Å². The maximum Gasteiger partial charge on any atom is 0.309 e. The average Bonchev–Trinajstić information content (AvgIpc) is 2.79. The second kappa shape index (κ2) is 13.6. The maximum atomic E-state index is 12.5. The van der Waals surface area contributed by atoms with Gasteiger partial charge in [0.05, 0.1) is 44.5 Å². The summed E-state index contributed by atoms with van der Waals surface area (Å²) in [7, 11) is 1.39. The number of hydrogen-bond acceptors (Lipinski definition) is 8. The van der Waals surface area contributed by atoms with Gasteiger partial charge in [-0.2, -0.15) is 0 Å². The Balaban J connectivity index is 1.59. The highest BCUT2D eigenvalue weighted by Crippen LogP contribution is 2.33. The molecule has 2 rings (SSSR count). The zero-order chi connectivity index (χ0) is 22.6. The molecule has 0 bridgehead atoms. The number of esters is 4. The molecule has 2 fully saturated rings. The lowest BCUT2D eigenvalue weighted by molar-refractivity contribution is -0.161. The van der Waals surface area contributed by atoms with Crippen LogP contribution in [0, 0.1) is 17.8 Å². The quantitative estimate of drug-likeness (QED) is 0.212. The Morgan fingerprint density at radius 3 is 1.84 bits per heavy atom. The first-order valence-electron chi connectivity index (χ1n) is 11.1. The van der Waals surface area contributed by atoms with E-state index >= 15 is 0 Å². The largest absolute Gasteiger partial charge is 0.469 e. The van der Waals surface area contributed by atoms with Crippen molar-refractivity contribution in [1.82, 2.24) is 0 Å². The lowest BCUT2D eigenvalue weighted by Gasteiger charge is -2.30. The lowest BCUT2D eigenvalue weighted by atomic mass is 9.82. The van der Waals surface area contributed by atoms with Crippen LogP contribution >= 0.6 is 11.6 Å². The lowest BCUT2D eigenvalue weighted by Crippen LogP contribution is -2.33. The number of hydrogen-bond donors (Lipinski definition) is 0. The van der Waals surface area contributed by atoms with Crippen LogP contribution in [0.1, 0.15) is 64.2 Å². The fourth-order valence-corrected chi connectivity index (χ4v) is 4.25. The van der Waals surface area contributed by atoms with Crippen molar-refractivity contribution in [3.63, 3.8) is 0 Å². The van der Waals surface area contributed by atoms with Gasteiger partial charge >= 0.3 is 23.9 Å². The summed E-state index contributed by atoms with van der Waals surface area (Å²) in [6.07, 6.45) is 5.57. The van der Waals surface area contributed by atoms with Crippen LogP contribution in [-0.2, 0) is 38.1 Å². The SMILES string of the molecule is COC(=O)C1CCC(OC(=O)C2CCC(C(=O)OCCCOC(=O)CCCl)CC2)CC1. The molecular weight excluding hydrogens is 428 g/mol. The minimum Gasteiger partial charge on any atom is -0.469 e. The van der Waals surface area contributed by atoms with E-state index in [9.17, 15) is 19.2 Å². The number of ether oxygens (including phenoxy) is 4. The molecule has 8 nitrogen and oxygen atoms in total. The first-order chi connectivity index (χ1) is 14.9. The summed E-state index contributed by atoms with van der Waals surface area (Å²) in [4.78, 5) is 47.4. The zero-order valence-corrected chi connectivity index (χ0v) is 18.9. The first kappa shape index (κ1) is 25.4. The molecule has 31 heavy (non-hydrogen) atoms. The number of rotatable bonds is 10. The molecule has 0 unspecified atom stereocenters. The number of carbonyl (C=O) groups is 4. The summed E-state index contributed by atoms with van der Waals surface area (Å²) >= 11 is 5.45. The van der Waals surface area contributed by atoms with Crippen LogP contribution in [0.5, 0.6) is 0 Å². The van der Waals surface area contributed by atoms with Gasteiger partial charge in [0.1, 0.15) is 6.10 Å². The van der Waals surface area contributed by atoms with Crippen LogP contribution in [0.3, 0.4) is 0 Å². The first-order valence-corrected chi connectivity index (χ1v) is 11.6. The molecule has 0 aromatic heterocycles. The van der Waals surface area contributed by atoms with Crippen LogP contribution in [0.2, 0.25) is 0 Å². The number of carbonyl (C=O) groups excluding carboxylic acids is 4. The molecule has 2 aliphatic rings. The molecule has 176 valence electrons. The normalized spacial score (nSPS) is 25.9. The Hall–Kier alpha value is -1.83. The van der Waals surface area contributed by atoms with Gasteiger partial charge in [-0.1, -0.05) is 0 Å². The Kier molecular flexibility index (Phi) is 11.1. The van der Waals surface area contributed by atoms with Crippen molar-refractivity contribution in [2.75, 3.05) is 26.2 Å². The van der Waals surface area contributed by atoms with E-state index < -0.39 is 0 Å². The molecule has 0 aromatic carbocycles. The van der Waals surface area contributed by atoms with Gasteiger partial charge in [-0.05, 0) is 51.4 Å². The molecular formula is C22H33ClO8. The highest BCUT2D eigenvalue weighted by Gasteiger charge is 2.34. The second-order valence-electron chi connectivity index (χ2n) is 8.16. The van der Waals surface area contributed by atoms with Crippen LogP contribution in [0.15, 0.2) is 0 Å². The molecule has 0 N–H and O–H groups in total. The van der Waals surface area contributed by atoms with Gasteiger partial charge in [0.25, 0.3) is 0 Å². The van der Waals surface area contributed by atoms with E-state index in [1.807, 2.05) is 0 Å². The van der Waals surface area contributed by atoms with Gasteiger partial charge in [0.15, 0.2) is 0 Å². The molecule has 0 aromatic rings. The summed E-state index contributed by atoms with van der Waals surface area (Å²) < 4.78 is 20.7. The Bertz CT molecular complexity index is 607. The smallest absolute Gasteiger partial charge is 0.309 e. The van der Waals surface area contributed by atoms with Gasteiger partial charge in [0, 0.05) is 12.3 Å². The predicted octanol–water partition coefficient (Wildman–Crippen LogP) is 3.17. The van der Waals surface area contributed by atoms with Crippen molar-refractivity contribution in [1.29, 1.82) is 0 Å². The molecule has 9 heteroatoms. The van der Waals surface area contributed by atoms with E-state index in [1.165, 1.54) is 7.11 Å². The summed E-state index contributed by atoms with van der Waals surface area (Å²) in [5.41, 5.74) is 0. The number of methoxy groups -OCH3 is 1. The van der Waals surface area contributed by atoms with E-state index in [1.54, 1.807) is 0 Å². The van der Waals surface area contributed by atoms with Gasteiger partial charge in [-0.3, -0.25) is 19.2 Å². The molecule has 0 heterocycles. The van der Waals surface area contributed by atoms with Crippen LogP contribution in [0.25, 0.3) is 0 Å². The van der Waals surface area contributed by atoms with Gasteiger partial charge < -0.3 is 18.9 Å². The third-order valence-corrected chi connectivity index (χ3v) is 6.17. The molecule has 0 saturated heterocycles. The molecule has 0 spiro atoms. The number of alkyl halides is 1. The minimum atomic E-state index is -0.358. The van der Waals surface area contributed by atoms with E-state index in [4.69, 9.17) is 30.5 Å². The summed E-state index contributed by atoms with van der Waals surface area (Å²) in [5, 5.41) is 0. The van der Waals surface area contributed by atoms with Crippen LogP contribution in [0.4, 0.5) is 0 Å². The van der Waals surface area contributed by atoms with Crippen molar-refractivity contribution >= 4 is 35.5 Å². The molecule has 0 aliphatic heterocycles. The molecule has 0 amide bonds. The molecule has 0 radical (unpaired) electrons. The van der Waals surface area contributed by atoms with Gasteiger partial charge in [-0.25, -0.2) is 0 Å². The monoisotopic (exact) mass is 460 g/mol. The highest BCUT2D eigenvalue weighted by atomic mass is 35.5. The van der Waals surface area contributed by atoms with E-state index in [-0.39, 0.29) is 73.2 Å². The van der Waals surface area contributed by atoms with Crippen molar-refractivity contribution in [2.24, 2.45) is 17.8 Å². The van der Waals surface area contributed by atoms with E-state index in [0.717, 1.165) is 0 Å². The van der Waals surface area contributed by atoms with E-state index in [2.05, 4.69) is 0 Å². The molecule has 0 atom stereocenters. The molecule has 2 saturated carbocycles. The summed E-state index contributed by atoms with van der Waals surface area (Å²) in [5.74, 6) is -1.29. The van der Waals surface area contributed by atoms with E-state index in [0.29, 0.717) is 57.8 Å². The van der Waals surface area contributed by atoms with Crippen molar-refractivity contribution < 1.29 is 38.1 Å². The Labute approximate surface area is 188 Å². The predicted molar refractivity (Wildman–Crippen MR) is 111 cm³/mol. The fourth-order valence-electron chi connectivity index (χ4n) is 4.09. The average molecular weight is 461 g/mol. The van der Waals surface area contributed by atoms with Crippen LogP contribution < -0.4 is 0 Å². The highest BCUT2D eigenvalue weighted by molar-refractivity contribution is 6.18. The van der Waals surface area contributed by atoms with Crippen molar-refractivity contribution in [3.05, 3.63) is 0 Å². The third kappa shape index (κ3) is 8.67. The molecule has 2 aliphatic carbocycles. The Morgan fingerprint density at radius 2 is 1.26 bits per heavy atom. The number of halogens is 1. The summed E-state index contributed by atoms with van der Waals surface area (Å²) in [6.45, 7) is 0.395. The van der Waals surface area contributed by atoms with Crippen molar-refractivity contribution in [3.8, 4) is 0 Å². The maximum absolute atomic E-state index is 12.5. The van der Waals surface area contributed by atoms with Crippen LogP contribution in [-0.4, -0.2) is 56.2 Å². The third-order valence-electron chi connectivity index (χ3n) is 5.98. The second-order valence-corrected chi connectivity index (χ2v) is 8.54. The topological polar surface area (TPSA) is 105 Å². The van der Waals surface area contributed by atoms with Gasteiger partial charge in [0.2, 0.25) is 0 Å². The van der Waals surface area contributed by atoms with Crippen molar-refractivity contribution in [2.45, 2.75) is 70.3 Å². The summed E-state index contributed by atoms with van der Waals surface area (Å²) in [6, 6.07) is 0. The fraction of sp³-hybridized carbons (Fsp3) is 0.818. The zero-order valence-electron chi connectivity index (χ0n) is 18.1.